The number of nitrogens with zero attached hydrogens (tertiary/aromatic N) is 1. The maximum Gasteiger partial charge on any atom is 0.231 e. The molecule has 1 aliphatic heterocycles. The van der Waals surface area contributed by atoms with E-state index in [9.17, 15) is 0 Å². The van der Waals surface area contributed by atoms with E-state index < -0.39 is 0 Å². The van der Waals surface area contributed by atoms with Crippen LogP contribution in [0.4, 0.5) is 0 Å². The summed E-state index contributed by atoms with van der Waals surface area (Å²) in [7, 11) is 3.59. The lowest BCUT2D eigenvalue weighted by molar-refractivity contribution is 0.174. The first kappa shape index (κ1) is 11.6. The second-order valence-electron chi connectivity index (χ2n) is 3.69. The van der Waals surface area contributed by atoms with Crippen LogP contribution in [0.2, 0.25) is 0 Å². The zero-order chi connectivity index (χ0) is 12.1. The Labute approximate surface area is 101 Å². The number of aliphatic imine (C=N–C) groups is 1. The van der Waals surface area contributed by atoms with Gasteiger partial charge in [0.15, 0.2) is 17.5 Å². The average molecular weight is 235 g/mol. The quantitative estimate of drug-likeness (QED) is 0.599. The van der Waals surface area contributed by atoms with E-state index in [0.29, 0.717) is 6.79 Å². The Hall–Kier alpha value is -1.91. The molecule has 0 radical (unpaired) electrons. The predicted molar refractivity (Wildman–Crippen MR) is 66.7 cm³/mol. The molecular weight excluding hydrogens is 218 g/mol. The monoisotopic (exact) mass is 235 g/mol. The van der Waals surface area contributed by atoms with Crippen molar-refractivity contribution in [3.63, 3.8) is 0 Å². The van der Waals surface area contributed by atoms with Crippen LogP contribution in [-0.2, 0) is 6.42 Å². The van der Waals surface area contributed by atoms with Crippen molar-refractivity contribution >= 4 is 5.96 Å². The SMILES string of the molecule is CN=C(NC)NCCc1ccc2c(c1)OCO2. The van der Waals surface area contributed by atoms with Gasteiger partial charge in [0.1, 0.15) is 0 Å². The van der Waals surface area contributed by atoms with Gasteiger partial charge in [-0.1, -0.05) is 6.07 Å². The van der Waals surface area contributed by atoms with Gasteiger partial charge in [-0.2, -0.15) is 0 Å². The third kappa shape index (κ3) is 2.81. The molecule has 1 aromatic rings. The Morgan fingerprint density at radius 3 is 2.94 bits per heavy atom. The number of rotatable bonds is 3. The molecule has 5 nitrogen and oxygen atoms in total. The second-order valence-corrected chi connectivity index (χ2v) is 3.69. The van der Waals surface area contributed by atoms with Gasteiger partial charge in [-0.25, -0.2) is 0 Å². The molecule has 0 fully saturated rings. The molecule has 0 unspecified atom stereocenters. The van der Waals surface area contributed by atoms with Crippen LogP contribution < -0.4 is 20.1 Å². The van der Waals surface area contributed by atoms with Crippen molar-refractivity contribution in [3.05, 3.63) is 23.8 Å². The first-order chi connectivity index (χ1) is 8.33. The normalized spacial score (nSPS) is 13.6. The zero-order valence-corrected chi connectivity index (χ0v) is 10.1. The molecule has 0 amide bonds. The summed E-state index contributed by atoms with van der Waals surface area (Å²) in [5.41, 5.74) is 1.22. The fourth-order valence-corrected chi connectivity index (χ4v) is 1.70. The molecule has 0 bridgehead atoms. The molecule has 5 heteroatoms. The lowest BCUT2D eigenvalue weighted by atomic mass is 10.1. The third-order valence-corrected chi connectivity index (χ3v) is 2.60. The summed E-state index contributed by atoms with van der Waals surface area (Å²) < 4.78 is 10.6. The van der Waals surface area contributed by atoms with Crippen LogP contribution in [0.3, 0.4) is 0 Å². The molecule has 1 aliphatic rings. The minimum absolute atomic E-state index is 0.323. The van der Waals surface area contributed by atoms with Crippen molar-refractivity contribution < 1.29 is 9.47 Å². The summed E-state index contributed by atoms with van der Waals surface area (Å²) in [4.78, 5) is 4.05. The van der Waals surface area contributed by atoms with E-state index in [1.165, 1.54) is 5.56 Å². The van der Waals surface area contributed by atoms with Crippen molar-refractivity contribution in [2.75, 3.05) is 27.4 Å². The van der Waals surface area contributed by atoms with Gasteiger partial charge in [0.05, 0.1) is 0 Å². The molecule has 0 spiro atoms. The Morgan fingerprint density at radius 1 is 1.35 bits per heavy atom. The molecular formula is C12H17N3O2. The van der Waals surface area contributed by atoms with E-state index in [4.69, 9.17) is 9.47 Å². The summed E-state index contributed by atoms with van der Waals surface area (Å²) in [6.45, 7) is 1.15. The highest BCUT2D eigenvalue weighted by atomic mass is 16.7. The average Bonchev–Trinajstić information content (AvgIpc) is 2.82. The number of nitrogens with one attached hydrogen (secondary N) is 2. The lowest BCUT2D eigenvalue weighted by Gasteiger charge is -2.08. The first-order valence-corrected chi connectivity index (χ1v) is 5.60. The number of hydrogen-bond acceptors (Lipinski definition) is 3. The molecule has 1 heterocycles. The molecule has 2 rings (SSSR count). The van der Waals surface area contributed by atoms with Crippen LogP contribution in [0, 0.1) is 0 Å². The molecule has 1 aromatic carbocycles. The zero-order valence-electron chi connectivity index (χ0n) is 10.1. The number of ether oxygens (including phenoxy) is 2. The molecule has 92 valence electrons. The van der Waals surface area contributed by atoms with E-state index in [-0.39, 0.29) is 0 Å². The second kappa shape index (κ2) is 5.43. The molecule has 17 heavy (non-hydrogen) atoms. The first-order valence-electron chi connectivity index (χ1n) is 5.60. The molecule has 0 atom stereocenters. The van der Waals surface area contributed by atoms with Crippen LogP contribution >= 0.6 is 0 Å². The van der Waals surface area contributed by atoms with E-state index in [2.05, 4.69) is 21.7 Å². The van der Waals surface area contributed by atoms with Crippen LogP contribution in [0.25, 0.3) is 0 Å². The highest BCUT2D eigenvalue weighted by Crippen LogP contribution is 2.32. The smallest absolute Gasteiger partial charge is 0.231 e. The van der Waals surface area contributed by atoms with Gasteiger partial charge in [0, 0.05) is 20.6 Å². The summed E-state index contributed by atoms with van der Waals surface area (Å²) >= 11 is 0. The standard InChI is InChI=1S/C12H17N3O2/c1-13-12(14-2)15-6-5-9-3-4-10-11(7-9)17-8-16-10/h3-4,7H,5-6,8H2,1-2H3,(H2,13,14,15). The predicted octanol–water partition coefficient (Wildman–Crippen LogP) is 0.753. The maximum absolute atomic E-state index is 5.33. The molecule has 2 N–H and O–H groups in total. The minimum Gasteiger partial charge on any atom is -0.454 e. The van der Waals surface area contributed by atoms with Crippen LogP contribution in [-0.4, -0.2) is 33.4 Å². The van der Waals surface area contributed by atoms with E-state index in [1.807, 2.05) is 19.2 Å². The van der Waals surface area contributed by atoms with E-state index in [1.54, 1.807) is 7.05 Å². The van der Waals surface area contributed by atoms with Crippen LogP contribution in [0.1, 0.15) is 5.56 Å². The Bertz CT molecular complexity index is 418. The van der Waals surface area contributed by atoms with Gasteiger partial charge >= 0.3 is 0 Å². The Morgan fingerprint density at radius 2 is 2.18 bits per heavy atom. The van der Waals surface area contributed by atoms with Crippen LogP contribution in [0.5, 0.6) is 11.5 Å². The Balaban J connectivity index is 1.87. The van der Waals surface area contributed by atoms with Gasteiger partial charge in [0.25, 0.3) is 0 Å². The van der Waals surface area contributed by atoms with Gasteiger partial charge in [-0.3, -0.25) is 4.99 Å². The fraction of sp³-hybridized carbons (Fsp3) is 0.417. The number of fused-ring (bicyclic) bond motifs is 1. The number of benzene rings is 1. The van der Waals surface area contributed by atoms with Gasteiger partial charge < -0.3 is 20.1 Å². The van der Waals surface area contributed by atoms with Gasteiger partial charge in [-0.05, 0) is 24.1 Å². The minimum atomic E-state index is 0.323. The van der Waals surface area contributed by atoms with Gasteiger partial charge in [0.2, 0.25) is 6.79 Å². The molecule has 0 saturated heterocycles. The number of hydrogen-bond donors (Lipinski definition) is 2. The van der Waals surface area contributed by atoms with Crippen molar-refractivity contribution in [2.45, 2.75) is 6.42 Å². The summed E-state index contributed by atoms with van der Waals surface area (Å²) in [5.74, 6) is 2.46. The molecule has 0 saturated carbocycles. The number of guanidine groups is 1. The van der Waals surface area contributed by atoms with E-state index in [0.717, 1.165) is 30.4 Å². The lowest BCUT2D eigenvalue weighted by Crippen LogP contribution is -2.35. The maximum atomic E-state index is 5.33. The van der Waals surface area contributed by atoms with Gasteiger partial charge in [-0.15, -0.1) is 0 Å². The fourth-order valence-electron chi connectivity index (χ4n) is 1.70. The molecule has 0 aliphatic carbocycles. The third-order valence-electron chi connectivity index (χ3n) is 2.60. The van der Waals surface area contributed by atoms with Crippen molar-refractivity contribution in [1.82, 2.24) is 10.6 Å². The highest BCUT2D eigenvalue weighted by Gasteiger charge is 2.12. The highest BCUT2D eigenvalue weighted by molar-refractivity contribution is 5.79. The summed E-state index contributed by atoms with van der Waals surface area (Å²) in [5, 5.41) is 6.18. The van der Waals surface area contributed by atoms with Crippen molar-refractivity contribution in [2.24, 2.45) is 4.99 Å². The molecule has 0 aromatic heterocycles. The van der Waals surface area contributed by atoms with Crippen molar-refractivity contribution in [1.29, 1.82) is 0 Å². The summed E-state index contributed by atoms with van der Waals surface area (Å²) in [6, 6.07) is 6.02. The topological polar surface area (TPSA) is 54.9 Å². The van der Waals surface area contributed by atoms with Crippen molar-refractivity contribution in [3.8, 4) is 11.5 Å². The van der Waals surface area contributed by atoms with Crippen LogP contribution in [0.15, 0.2) is 23.2 Å². The largest absolute Gasteiger partial charge is 0.454 e. The van der Waals surface area contributed by atoms with E-state index >= 15 is 0 Å². The Kier molecular flexibility index (Phi) is 3.69. The summed E-state index contributed by atoms with van der Waals surface area (Å²) in [6.07, 6.45) is 0.914.